The molecule has 2 unspecified atom stereocenters. The molecule has 2 amide bonds. The summed E-state index contributed by atoms with van der Waals surface area (Å²) in [7, 11) is 0. The van der Waals surface area contributed by atoms with E-state index in [0.29, 0.717) is 0 Å². The largest absolute Gasteiger partial charge is 0.480 e. The number of aliphatic carboxylic acids is 1. The van der Waals surface area contributed by atoms with E-state index in [-0.39, 0.29) is 12.5 Å². The van der Waals surface area contributed by atoms with Crippen LogP contribution >= 0.6 is 0 Å². The Hall–Kier alpha value is -3.59. The maximum absolute atomic E-state index is 12.3. The summed E-state index contributed by atoms with van der Waals surface area (Å²) in [6.45, 7) is 4.57. The summed E-state index contributed by atoms with van der Waals surface area (Å²) in [4.78, 5) is 35.6. The van der Waals surface area contributed by atoms with E-state index in [9.17, 15) is 24.6 Å². The predicted octanol–water partition coefficient (Wildman–Crippen LogP) is 2.86. The molecule has 0 saturated heterocycles. The number of rotatable bonds is 7. The minimum atomic E-state index is -1.68. The van der Waals surface area contributed by atoms with Crippen LogP contribution in [0.15, 0.2) is 48.5 Å². The Bertz CT molecular complexity index is 986. The van der Waals surface area contributed by atoms with Crippen LogP contribution in [0, 0.1) is 0 Å². The van der Waals surface area contributed by atoms with Gasteiger partial charge >= 0.3 is 18.2 Å². The second-order valence-electron chi connectivity index (χ2n) is 8.74. The predicted molar refractivity (Wildman–Crippen MR) is 120 cm³/mol. The van der Waals surface area contributed by atoms with Gasteiger partial charge in [0.1, 0.15) is 18.3 Å². The number of carboxylic acids is 1. The summed E-state index contributed by atoms with van der Waals surface area (Å²) in [5.41, 5.74) is 3.41. The number of hydrogen-bond acceptors (Lipinski definition) is 6. The first kappa shape index (κ1) is 24.1. The average Bonchev–Trinajstić information content (AvgIpc) is 3.07. The van der Waals surface area contributed by atoms with Gasteiger partial charge in [-0.2, -0.15) is 0 Å². The molecule has 176 valence electrons. The van der Waals surface area contributed by atoms with Crippen molar-refractivity contribution in [1.82, 2.24) is 10.6 Å². The molecule has 0 bridgehead atoms. The van der Waals surface area contributed by atoms with Crippen molar-refractivity contribution in [3.05, 3.63) is 59.7 Å². The summed E-state index contributed by atoms with van der Waals surface area (Å²) in [6.07, 6.45) is -3.40. The summed E-state index contributed by atoms with van der Waals surface area (Å²) in [5, 5.41) is 24.0. The van der Waals surface area contributed by atoms with E-state index >= 15 is 0 Å². The van der Waals surface area contributed by atoms with Gasteiger partial charge in [0.25, 0.3) is 0 Å². The number of carbonyl (C=O) groups is 3. The molecule has 0 aliphatic heterocycles. The molecule has 1 aliphatic carbocycles. The first-order valence-electron chi connectivity index (χ1n) is 10.6. The molecule has 2 aromatic carbocycles. The zero-order chi connectivity index (χ0) is 24.2. The first-order valence-corrected chi connectivity index (χ1v) is 10.6. The molecule has 9 nitrogen and oxygen atoms in total. The lowest BCUT2D eigenvalue weighted by atomic mass is 9.98. The van der Waals surface area contributed by atoms with E-state index in [4.69, 9.17) is 9.47 Å². The summed E-state index contributed by atoms with van der Waals surface area (Å²) in [5.74, 6) is -1.66. The normalized spacial score (nSPS) is 14.4. The van der Waals surface area contributed by atoms with Crippen LogP contribution in [-0.2, 0) is 14.3 Å². The number of aliphatic hydroxyl groups is 1. The van der Waals surface area contributed by atoms with E-state index in [1.807, 2.05) is 48.5 Å². The average molecular weight is 456 g/mol. The lowest BCUT2D eigenvalue weighted by Gasteiger charge is -2.23. The van der Waals surface area contributed by atoms with Crippen molar-refractivity contribution in [2.45, 2.75) is 44.4 Å². The zero-order valence-corrected chi connectivity index (χ0v) is 18.7. The smallest absolute Gasteiger partial charge is 0.407 e. The molecular weight excluding hydrogens is 428 g/mol. The number of carboxylic acid groups (broad SMARTS) is 1. The number of amides is 2. The van der Waals surface area contributed by atoms with Gasteiger partial charge in [-0.25, -0.2) is 14.4 Å². The maximum atomic E-state index is 12.3. The van der Waals surface area contributed by atoms with E-state index in [0.717, 1.165) is 22.3 Å². The van der Waals surface area contributed by atoms with Gasteiger partial charge in [-0.15, -0.1) is 0 Å². The lowest BCUT2D eigenvalue weighted by molar-refractivity contribution is -0.142. The molecule has 1 aliphatic rings. The fourth-order valence-electron chi connectivity index (χ4n) is 3.71. The SMILES string of the molecule is CC(C)(C)OC(=O)NCC(O)C(NC(=O)OCC1c2ccccc2-c2ccccc21)C(=O)O. The minimum absolute atomic E-state index is 0.00153. The van der Waals surface area contributed by atoms with Crippen molar-refractivity contribution >= 4 is 18.2 Å². The minimum Gasteiger partial charge on any atom is -0.480 e. The molecule has 33 heavy (non-hydrogen) atoms. The van der Waals surface area contributed by atoms with Gasteiger partial charge in [0, 0.05) is 12.5 Å². The van der Waals surface area contributed by atoms with E-state index in [1.165, 1.54) is 0 Å². The topological polar surface area (TPSA) is 134 Å². The number of alkyl carbamates (subject to hydrolysis) is 2. The van der Waals surface area contributed by atoms with Crippen molar-refractivity contribution < 1.29 is 34.1 Å². The highest BCUT2D eigenvalue weighted by Gasteiger charge is 2.32. The lowest BCUT2D eigenvalue weighted by Crippen LogP contribution is -2.53. The molecule has 0 fully saturated rings. The maximum Gasteiger partial charge on any atom is 0.407 e. The van der Waals surface area contributed by atoms with Crippen LogP contribution in [0.4, 0.5) is 9.59 Å². The third-order valence-corrected chi connectivity index (χ3v) is 5.12. The zero-order valence-electron chi connectivity index (χ0n) is 18.7. The van der Waals surface area contributed by atoms with E-state index in [2.05, 4.69) is 10.6 Å². The Labute approximate surface area is 191 Å². The third-order valence-electron chi connectivity index (χ3n) is 5.12. The van der Waals surface area contributed by atoms with E-state index < -0.39 is 42.4 Å². The second-order valence-corrected chi connectivity index (χ2v) is 8.74. The number of ether oxygens (including phenoxy) is 2. The number of aliphatic hydroxyl groups excluding tert-OH is 1. The number of benzene rings is 2. The summed E-state index contributed by atoms with van der Waals surface area (Å²) in [6, 6.07) is 14.0. The number of fused-ring (bicyclic) bond motifs is 3. The van der Waals surface area contributed by atoms with Crippen LogP contribution in [0.5, 0.6) is 0 Å². The second kappa shape index (κ2) is 9.91. The summed E-state index contributed by atoms with van der Waals surface area (Å²) < 4.78 is 10.4. The number of nitrogens with one attached hydrogen (secondary N) is 2. The molecule has 9 heteroatoms. The van der Waals surface area contributed by atoms with Crippen molar-refractivity contribution in [2.75, 3.05) is 13.2 Å². The molecule has 2 aromatic rings. The van der Waals surface area contributed by atoms with Crippen LogP contribution in [0.1, 0.15) is 37.8 Å². The Morgan fingerprint density at radius 1 is 0.970 bits per heavy atom. The van der Waals surface area contributed by atoms with Gasteiger partial charge < -0.3 is 30.3 Å². The quantitative estimate of drug-likeness (QED) is 0.503. The molecule has 0 spiro atoms. The van der Waals surface area contributed by atoms with Crippen LogP contribution < -0.4 is 10.6 Å². The van der Waals surface area contributed by atoms with Crippen molar-refractivity contribution in [2.24, 2.45) is 0 Å². The Balaban J connectivity index is 1.59. The molecule has 2 atom stereocenters. The fraction of sp³-hybridized carbons (Fsp3) is 0.375. The molecule has 4 N–H and O–H groups in total. The Morgan fingerprint density at radius 3 is 2.03 bits per heavy atom. The number of carbonyl (C=O) groups excluding carboxylic acids is 2. The third kappa shape index (κ3) is 6.01. The van der Waals surface area contributed by atoms with Crippen molar-refractivity contribution in [3.63, 3.8) is 0 Å². The van der Waals surface area contributed by atoms with Gasteiger partial charge in [0.15, 0.2) is 6.04 Å². The highest BCUT2D eigenvalue weighted by Crippen LogP contribution is 2.44. The molecule has 0 saturated carbocycles. The van der Waals surface area contributed by atoms with E-state index in [1.54, 1.807) is 20.8 Å². The molecule has 3 rings (SSSR count). The highest BCUT2D eigenvalue weighted by molar-refractivity contribution is 5.81. The van der Waals surface area contributed by atoms with Crippen molar-refractivity contribution in [1.29, 1.82) is 0 Å². The molecule has 0 heterocycles. The number of hydrogen-bond donors (Lipinski definition) is 4. The molecule has 0 aromatic heterocycles. The van der Waals surface area contributed by atoms with Gasteiger partial charge in [0.05, 0.1) is 0 Å². The standard InChI is InChI=1S/C24H28N2O7/c1-24(2,3)33-22(30)25-12-19(27)20(21(28)29)26-23(31)32-13-18-16-10-6-4-8-14(16)15-9-5-7-11-17(15)18/h4-11,18-20,27H,12-13H2,1-3H3,(H,25,30)(H,26,31)(H,28,29). The van der Waals surface area contributed by atoms with Gasteiger partial charge in [-0.1, -0.05) is 48.5 Å². The fourth-order valence-corrected chi connectivity index (χ4v) is 3.71. The Kier molecular flexibility index (Phi) is 7.23. The Morgan fingerprint density at radius 2 is 1.52 bits per heavy atom. The van der Waals surface area contributed by atoms with Crippen LogP contribution in [0.25, 0.3) is 11.1 Å². The van der Waals surface area contributed by atoms with Gasteiger partial charge in [-0.3, -0.25) is 0 Å². The summed E-state index contributed by atoms with van der Waals surface area (Å²) >= 11 is 0. The molecular formula is C24H28N2O7. The van der Waals surface area contributed by atoms with Gasteiger partial charge in [0.2, 0.25) is 0 Å². The first-order chi connectivity index (χ1) is 15.6. The molecule has 0 radical (unpaired) electrons. The highest BCUT2D eigenvalue weighted by atomic mass is 16.6. The van der Waals surface area contributed by atoms with Crippen molar-refractivity contribution in [3.8, 4) is 11.1 Å². The van der Waals surface area contributed by atoms with Crippen LogP contribution in [0.2, 0.25) is 0 Å². The van der Waals surface area contributed by atoms with Crippen LogP contribution in [-0.4, -0.2) is 59.3 Å². The monoisotopic (exact) mass is 456 g/mol. The van der Waals surface area contributed by atoms with Crippen LogP contribution in [0.3, 0.4) is 0 Å². The van der Waals surface area contributed by atoms with Gasteiger partial charge in [-0.05, 0) is 43.0 Å².